The third-order valence-electron chi connectivity index (χ3n) is 5.50. The zero-order valence-corrected chi connectivity index (χ0v) is 18.8. The van der Waals surface area contributed by atoms with Crippen LogP contribution in [0.5, 0.6) is 0 Å². The number of amides is 1. The number of anilines is 1. The van der Waals surface area contributed by atoms with Crippen molar-refractivity contribution >= 4 is 23.1 Å². The molecule has 8 nitrogen and oxygen atoms in total. The van der Waals surface area contributed by atoms with Gasteiger partial charge in [0.05, 0.1) is 11.9 Å². The maximum absolute atomic E-state index is 12.8. The third-order valence-corrected chi connectivity index (χ3v) is 6.48. The van der Waals surface area contributed by atoms with Crippen molar-refractivity contribution in [1.82, 2.24) is 30.4 Å². The lowest BCUT2D eigenvalue weighted by atomic mass is 10.1. The van der Waals surface area contributed by atoms with Gasteiger partial charge in [-0.05, 0) is 25.1 Å². The average molecular weight is 458 g/mol. The van der Waals surface area contributed by atoms with E-state index in [0.717, 1.165) is 48.7 Å². The minimum absolute atomic E-state index is 0.0524. The molecule has 3 heterocycles. The van der Waals surface area contributed by atoms with Crippen LogP contribution in [-0.4, -0.2) is 57.2 Å². The number of aromatic nitrogens is 4. The van der Waals surface area contributed by atoms with Crippen molar-refractivity contribution in [2.24, 2.45) is 0 Å². The van der Waals surface area contributed by atoms with E-state index in [1.54, 1.807) is 6.20 Å². The lowest BCUT2D eigenvalue weighted by Gasteiger charge is -2.20. The summed E-state index contributed by atoms with van der Waals surface area (Å²) in [6.07, 6.45) is 2.60. The zero-order valence-electron chi connectivity index (χ0n) is 17.9. The molecule has 3 N–H and O–H groups in total. The van der Waals surface area contributed by atoms with Gasteiger partial charge in [0.2, 0.25) is 0 Å². The molecule has 0 bridgehead atoms. The zero-order chi connectivity index (χ0) is 22.6. The SMILES string of the molecule is Nc1ncc(-c2ccc(C(=O)N3CCCNCC3)cc2)nc1-c1nnc(-c2ccccc2)s1. The highest BCUT2D eigenvalue weighted by Gasteiger charge is 2.18. The minimum atomic E-state index is 0.0524. The van der Waals surface area contributed by atoms with E-state index in [4.69, 9.17) is 10.7 Å². The fraction of sp³-hybridized carbons (Fsp3) is 0.208. The van der Waals surface area contributed by atoms with Crippen molar-refractivity contribution in [2.45, 2.75) is 6.42 Å². The van der Waals surface area contributed by atoms with Crippen LogP contribution >= 0.6 is 11.3 Å². The molecule has 2 aromatic heterocycles. The lowest BCUT2D eigenvalue weighted by molar-refractivity contribution is 0.0766. The number of nitrogens with two attached hydrogens (primary N) is 1. The van der Waals surface area contributed by atoms with Gasteiger partial charge >= 0.3 is 0 Å². The second-order valence-corrected chi connectivity index (χ2v) is 8.72. The third kappa shape index (κ3) is 4.59. The molecule has 1 aliphatic heterocycles. The summed E-state index contributed by atoms with van der Waals surface area (Å²) in [5.41, 5.74) is 9.79. The van der Waals surface area contributed by atoms with Gasteiger partial charge in [0.15, 0.2) is 10.8 Å². The first kappa shape index (κ1) is 21.2. The molecule has 5 rings (SSSR count). The predicted molar refractivity (Wildman–Crippen MR) is 130 cm³/mol. The number of benzene rings is 2. The van der Waals surface area contributed by atoms with Crippen LogP contribution in [0.1, 0.15) is 16.8 Å². The Morgan fingerprint density at radius 1 is 0.939 bits per heavy atom. The number of hydrogen-bond donors (Lipinski definition) is 2. The van der Waals surface area contributed by atoms with Crippen LogP contribution in [0.4, 0.5) is 5.82 Å². The molecule has 166 valence electrons. The molecule has 1 fully saturated rings. The molecular weight excluding hydrogens is 434 g/mol. The van der Waals surface area contributed by atoms with Gasteiger partial charge in [-0.3, -0.25) is 4.79 Å². The van der Waals surface area contributed by atoms with E-state index < -0.39 is 0 Å². The summed E-state index contributed by atoms with van der Waals surface area (Å²) in [4.78, 5) is 23.8. The molecule has 0 aliphatic carbocycles. The fourth-order valence-corrected chi connectivity index (χ4v) is 4.57. The summed E-state index contributed by atoms with van der Waals surface area (Å²) < 4.78 is 0. The molecular formula is C24H23N7OS. The summed E-state index contributed by atoms with van der Waals surface area (Å²) in [5, 5.41) is 13.3. The van der Waals surface area contributed by atoms with Crippen molar-refractivity contribution < 1.29 is 4.79 Å². The maximum Gasteiger partial charge on any atom is 0.253 e. The van der Waals surface area contributed by atoms with E-state index in [9.17, 15) is 4.79 Å². The van der Waals surface area contributed by atoms with Crippen molar-refractivity contribution in [3.8, 4) is 32.5 Å². The molecule has 0 saturated carbocycles. The molecule has 1 saturated heterocycles. The molecule has 33 heavy (non-hydrogen) atoms. The highest BCUT2D eigenvalue weighted by Crippen LogP contribution is 2.32. The van der Waals surface area contributed by atoms with Crippen LogP contribution in [0.25, 0.3) is 32.5 Å². The normalized spacial score (nSPS) is 14.1. The van der Waals surface area contributed by atoms with Crippen LogP contribution < -0.4 is 11.1 Å². The van der Waals surface area contributed by atoms with Crippen LogP contribution in [0.2, 0.25) is 0 Å². The van der Waals surface area contributed by atoms with E-state index in [1.807, 2.05) is 59.5 Å². The highest BCUT2D eigenvalue weighted by molar-refractivity contribution is 7.17. The van der Waals surface area contributed by atoms with E-state index in [1.165, 1.54) is 11.3 Å². The van der Waals surface area contributed by atoms with E-state index in [0.29, 0.717) is 27.8 Å². The topological polar surface area (TPSA) is 110 Å². The monoisotopic (exact) mass is 457 g/mol. The molecule has 4 aromatic rings. The first-order chi connectivity index (χ1) is 16.2. The van der Waals surface area contributed by atoms with Crippen molar-refractivity contribution in [3.05, 3.63) is 66.4 Å². The molecule has 9 heteroatoms. The number of carbonyl (C=O) groups excluding carboxylic acids is 1. The van der Waals surface area contributed by atoms with Crippen LogP contribution in [0, 0.1) is 0 Å². The summed E-state index contributed by atoms with van der Waals surface area (Å²) >= 11 is 1.42. The van der Waals surface area contributed by atoms with Crippen LogP contribution in [0.3, 0.4) is 0 Å². The number of nitrogens with zero attached hydrogens (tertiary/aromatic N) is 5. The maximum atomic E-state index is 12.8. The number of carbonyl (C=O) groups is 1. The van der Waals surface area contributed by atoms with Gasteiger partial charge in [0, 0.05) is 36.3 Å². The van der Waals surface area contributed by atoms with Gasteiger partial charge in [-0.1, -0.05) is 53.8 Å². The smallest absolute Gasteiger partial charge is 0.253 e. The number of nitrogens with one attached hydrogen (secondary N) is 1. The first-order valence-electron chi connectivity index (χ1n) is 10.8. The second-order valence-electron chi connectivity index (χ2n) is 7.74. The fourth-order valence-electron chi connectivity index (χ4n) is 3.73. The lowest BCUT2D eigenvalue weighted by Crippen LogP contribution is -2.34. The van der Waals surface area contributed by atoms with Crippen LogP contribution in [0.15, 0.2) is 60.8 Å². The Hall–Kier alpha value is -3.69. The Bertz CT molecular complexity index is 1250. The molecule has 1 aliphatic rings. The van der Waals surface area contributed by atoms with Crippen LogP contribution in [-0.2, 0) is 0 Å². The number of hydrogen-bond acceptors (Lipinski definition) is 8. The summed E-state index contributed by atoms with van der Waals surface area (Å²) in [7, 11) is 0. The number of rotatable bonds is 4. The Morgan fingerprint density at radius 2 is 1.73 bits per heavy atom. The second kappa shape index (κ2) is 9.43. The van der Waals surface area contributed by atoms with E-state index in [2.05, 4.69) is 20.5 Å². The number of nitrogen functional groups attached to an aromatic ring is 1. The van der Waals surface area contributed by atoms with Gasteiger partial charge < -0.3 is 16.0 Å². The van der Waals surface area contributed by atoms with Gasteiger partial charge in [-0.15, -0.1) is 10.2 Å². The van der Waals surface area contributed by atoms with Crippen molar-refractivity contribution in [3.63, 3.8) is 0 Å². The standard InChI is InChI=1S/C24H23N7OS/c25-21-20(23-30-29-22(33-23)17-5-2-1-3-6-17)28-19(15-27-21)16-7-9-18(10-8-16)24(32)31-13-4-11-26-12-14-31/h1-3,5-10,15,26H,4,11-14H2,(H2,25,27). The Morgan fingerprint density at radius 3 is 2.55 bits per heavy atom. The Kier molecular flexibility index (Phi) is 6.05. The van der Waals surface area contributed by atoms with Gasteiger partial charge in [0.1, 0.15) is 10.7 Å². The summed E-state index contributed by atoms with van der Waals surface area (Å²) in [6, 6.07) is 17.3. The first-order valence-corrected chi connectivity index (χ1v) is 11.6. The quantitative estimate of drug-likeness (QED) is 0.484. The Labute approximate surface area is 195 Å². The largest absolute Gasteiger partial charge is 0.382 e. The molecule has 1 amide bonds. The van der Waals surface area contributed by atoms with Crippen molar-refractivity contribution in [2.75, 3.05) is 31.9 Å². The summed E-state index contributed by atoms with van der Waals surface area (Å²) in [5.74, 6) is 0.354. The molecule has 0 spiro atoms. The van der Waals surface area contributed by atoms with E-state index >= 15 is 0 Å². The molecule has 0 radical (unpaired) electrons. The van der Waals surface area contributed by atoms with Gasteiger partial charge in [0.25, 0.3) is 5.91 Å². The Balaban J connectivity index is 1.39. The van der Waals surface area contributed by atoms with E-state index in [-0.39, 0.29) is 5.91 Å². The highest BCUT2D eigenvalue weighted by atomic mass is 32.1. The molecule has 2 aromatic carbocycles. The predicted octanol–water partition coefficient (Wildman–Crippen LogP) is 3.35. The van der Waals surface area contributed by atoms with Crippen molar-refractivity contribution in [1.29, 1.82) is 0 Å². The molecule has 0 unspecified atom stereocenters. The summed E-state index contributed by atoms with van der Waals surface area (Å²) in [6.45, 7) is 3.26. The molecule has 0 atom stereocenters. The van der Waals surface area contributed by atoms with Gasteiger partial charge in [-0.2, -0.15) is 0 Å². The minimum Gasteiger partial charge on any atom is -0.382 e. The van der Waals surface area contributed by atoms with Gasteiger partial charge in [-0.25, -0.2) is 9.97 Å². The average Bonchev–Trinajstić information content (AvgIpc) is 3.19.